The topological polar surface area (TPSA) is 81.7 Å². The molecule has 0 fully saturated rings. The Morgan fingerprint density at radius 1 is 1.10 bits per heavy atom. The number of hydrogen-bond donors (Lipinski definition) is 1. The molecule has 0 aromatic heterocycles. The highest BCUT2D eigenvalue weighted by Gasteiger charge is 2.31. The standard InChI is InChI=1S/C14H16INO5/c1-3-20-13(18)11(14(19)21-4-2)16-12(17)9-7-5-6-8-10(9)15/h5-8,11H,3-4H2,1-2H3,(H,16,17). The van der Waals surface area contributed by atoms with Gasteiger partial charge in [0.25, 0.3) is 5.91 Å². The second kappa shape index (κ2) is 8.60. The normalized spacial score (nSPS) is 10.1. The fraction of sp³-hybridized carbons (Fsp3) is 0.357. The van der Waals surface area contributed by atoms with Crippen LogP contribution in [-0.2, 0) is 19.1 Å². The molecule has 7 heteroatoms. The molecule has 0 atom stereocenters. The molecule has 1 aromatic rings. The lowest BCUT2D eigenvalue weighted by atomic mass is 10.2. The van der Waals surface area contributed by atoms with E-state index in [0.717, 1.165) is 0 Å². The number of esters is 2. The van der Waals surface area contributed by atoms with Gasteiger partial charge in [-0.1, -0.05) is 12.1 Å². The van der Waals surface area contributed by atoms with Crippen LogP contribution in [0.15, 0.2) is 24.3 Å². The molecule has 0 saturated carbocycles. The van der Waals surface area contributed by atoms with Gasteiger partial charge in [0.05, 0.1) is 18.8 Å². The molecule has 0 saturated heterocycles. The molecule has 0 heterocycles. The van der Waals surface area contributed by atoms with E-state index in [9.17, 15) is 14.4 Å². The van der Waals surface area contributed by atoms with Crippen molar-refractivity contribution in [2.75, 3.05) is 13.2 Å². The number of halogens is 1. The van der Waals surface area contributed by atoms with Gasteiger partial charge in [-0.15, -0.1) is 0 Å². The first kappa shape index (κ1) is 17.4. The molecule has 0 unspecified atom stereocenters. The Morgan fingerprint density at radius 2 is 1.62 bits per heavy atom. The first-order valence-corrected chi connectivity index (χ1v) is 7.47. The fourth-order valence-electron chi connectivity index (χ4n) is 1.52. The van der Waals surface area contributed by atoms with Crippen molar-refractivity contribution in [1.82, 2.24) is 5.32 Å². The SMILES string of the molecule is CCOC(=O)C(NC(=O)c1ccccc1I)C(=O)OCC. The zero-order chi connectivity index (χ0) is 15.8. The average Bonchev–Trinajstić information content (AvgIpc) is 2.45. The Kier molecular flexibility index (Phi) is 7.13. The summed E-state index contributed by atoms with van der Waals surface area (Å²) in [6.07, 6.45) is 0. The van der Waals surface area contributed by atoms with Gasteiger partial charge >= 0.3 is 11.9 Å². The fourth-order valence-corrected chi connectivity index (χ4v) is 2.15. The summed E-state index contributed by atoms with van der Waals surface area (Å²) in [6.45, 7) is 3.44. The minimum atomic E-state index is -1.46. The zero-order valence-corrected chi connectivity index (χ0v) is 13.9. The highest BCUT2D eigenvalue weighted by molar-refractivity contribution is 14.1. The van der Waals surface area contributed by atoms with E-state index in [2.05, 4.69) is 5.32 Å². The third-order valence-corrected chi connectivity index (χ3v) is 3.38. The summed E-state index contributed by atoms with van der Waals surface area (Å²) in [7, 11) is 0. The molecule has 1 N–H and O–H groups in total. The number of hydrogen-bond acceptors (Lipinski definition) is 5. The maximum atomic E-state index is 12.2. The van der Waals surface area contributed by atoms with Crippen LogP contribution in [0.4, 0.5) is 0 Å². The van der Waals surface area contributed by atoms with Gasteiger partial charge < -0.3 is 14.8 Å². The Bertz CT molecular complexity index is 514. The lowest BCUT2D eigenvalue weighted by Gasteiger charge is -2.16. The Morgan fingerprint density at radius 3 is 2.10 bits per heavy atom. The monoisotopic (exact) mass is 405 g/mol. The summed E-state index contributed by atoms with van der Waals surface area (Å²) >= 11 is 2.00. The van der Waals surface area contributed by atoms with Crippen LogP contribution in [0.1, 0.15) is 24.2 Å². The maximum absolute atomic E-state index is 12.2. The number of benzene rings is 1. The van der Waals surface area contributed by atoms with Crippen molar-refractivity contribution in [2.24, 2.45) is 0 Å². The Hall–Kier alpha value is -1.64. The Labute approximate surface area is 136 Å². The molecule has 0 radical (unpaired) electrons. The summed E-state index contributed by atoms with van der Waals surface area (Å²) < 4.78 is 10.3. The number of nitrogens with one attached hydrogen (secondary N) is 1. The van der Waals surface area contributed by atoms with E-state index in [-0.39, 0.29) is 13.2 Å². The molecule has 6 nitrogen and oxygen atoms in total. The summed E-state index contributed by atoms with van der Waals surface area (Å²) in [5.74, 6) is -2.21. The molecular formula is C14H16INO5. The van der Waals surface area contributed by atoms with E-state index in [1.165, 1.54) is 0 Å². The van der Waals surface area contributed by atoms with Crippen molar-refractivity contribution in [3.63, 3.8) is 0 Å². The van der Waals surface area contributed by atoms with Crippen LogP contribution in [-0.4, -0.2) is 37.1 Å². The summed E-state index contributed by atoms with van der Waals surface area (Å²) in [5.41, 5.74) is 0.372. The van der Waals surface area contributed by atoms with Crippen LogP contribution < -0.4 is 5.32 Å². The van der Waals surface area contributed by atoms with Crippen LogP contribution in [0.5, 0.6) is 0 Å². The minimum Gasteiger partial charge on any atom is -0.464 e. The molecular weight excluding hydrogens is 389 g/mol. The Balaban J connectivity index is 2.90. The van der Waals surface area contributed by atoms with Crippen molar-refractivity contribution in [3.8, 4) is 0 Å². The molecule has 21 heavy (non-hydrogen) atoms. The number of ether oxygens (including phenoxy) is 2. The van der Waals surface area contributed by atoms with Gasteiger partial charge in [-0.05, 0) is 48.6 Å². The first-order valence-electron chi connectivity index (χ1n) is 6.39. The van der Waals surface area contributed by atoms with Gasteiger partial charge in [0.1, 0.15) is 0 Å². The predicted octanol–water partition coefficient (Wildman–Crippen LogP) is 1.52. The van der Waals surface area contributed by atoms with Crippen molar-refractivity contribution in [3.05, 3.63) is 33.4 Å². The van der Waals surface area contributed by atoms with E-state index < -0.39 is 23.9 Å². The van der Waals surface area contributed by atoms with Crippen molar-refractivity contribution < 1.29 is 23.9 Å². The van der Waals surface area contributed by atoms with Crippen molar-refractivity contribution >= 4 is 40.4 Å². The minimum absolute atomic E-state index is 0.105. The van der Waals surface area contributed by atoms with Crippen molar-refractivity contribution in [2.45, 2.75) is 19.9 Å². The third-order valence-electron chi connectivity index (χ3n) is 2.44. The van der Waals surface area contributed by atoms with Crippen LogP contribution in [0.25, 0.3) is 0 Å². The molecule has 0 bridgehead atoms. The smallest absolute Gasteiger partial charge is 0.340 e. The quantitative estimate of drug-likeness (QED) is 0.441. The van der Waals surface area contributed by atoms with E-state index in [4.69, 9.17) is 9.47 Å². The number of rotatable bonds is 6. The lowest BCUT2D eigenvalue weighted by Crippen LogP contribution is -2.48. The second-order valence-corrected chi connectivity index (χ2v) is 5.05. The molecule has 114 valence electrons. The van der Waals surface area contributed by atoms with Gasteiger partial charge in [-0.3, -0.25) is 4.79 Å². The van der Waals surface area contributed by atoms with Gasteiger partial charge in [-0.2, -0.15) is 0 Å². The van der Waals surface area contributed by atoms with Crippen LogP contribution in [0.2, 0.25) is 0 Å². The first-order chi connectivity index (χ1) is 10.0. The predicted molar refractivity (Wildman–Crippen MR) is 83.7 cm³/mol. The summed E-state index contributed by atoms with van der Waals surface area (Å²) in [4.78, 5) is 35.7. The van der Waals surface area contributed by atoms with Gasteiger partial charge in [0.2, 0.25) is 6.04 Å². The van der Waals surface area contributed by atoms with Crippen molar-refractivity contribution in [1.29, 1.82) is 0 Å². The molecule has 1 rings (SSSR count). The molecule has 0 spiro atoms. The third kappa shape index (κ3) is 5.00. The van der Waals surface area contributed by atoms with Crippen LogP contribution >= 0.6 is 22.6 Å². The van der Waals surface area contributed by atoms with Gasteiger partial charge in [0, 0.05) is 3.57 Å². The molecule has 1 aromatic carbocycles. The average molecular weight is 405 g/mol. The van der Waals surface area contributed by atoms with E-state index in [0.29, 0.717) is 9.13 Å². The van der Waals surface area contributed by atoms with Crippen LogP contribution in [0.3, 0.4) is 0 Å². The van der Waals surface area contributed by atoms with Gasteiger partial charge in [0.15, 0.2) is 0 Å². The van der Waals surface area contributed by atoms with Gasteiger partial charge in [-0.25, -0.2) is 9.59 Å². The highest BCUT2D eigenvalue weighted by atomic mass is 127. The summed E-state index contributed by atoms with van der Waals surface area (Å²) in [6, 6.07) is 5.37. The number of carbonyl (C=O) groups excluding carboxylic acids is 3. The zero-order valence-electron chi connectivity index (χ0n) is 11.7. The summed E-state index contributed by atoms with van der Waals surface area (Å²) in [5, 5.41) is 2.35. The second-order valence-electron chi connectivity index (χ2n) is 3.89. The maximum Gasteiger partial charge on any atom is 0.340 e. The van der Waals surface area contributed by atoms with Crippen LogP contribution in [0, 0.1) is 3.57 Å². The molecule has 1 amide bonds. The molecule has 0 aliphatic rings. The lowest BCUT2D eigenvalue weighted by molar-refractivity contribution is -0.157. The van der Waals surface area contributed by atoms with E-state index >= 15 is 0 Å². The number of amides is 1. The van der Waals surface area contributed by atoms with E-state index in [1.54, 1.807) is 38.1 Å². The largest absolute Gasteiger partial charge is 0.464 e. The molecule has 0 aliphatic carbocycles. The molecule has 0 aliphatic heterocycles. The highest BCUT2D eigenvalue weighted by Crippen LogP contribution is 2.11. The number of carbonyl (C=O) groups is 3. The van der Waals surface area contributed by atoms with E-state index in [1.807, 2.05) is 22.6 Å².